The van der Waals surface area contributed by atoms with Crippen LogP contribution in [0.4, 0.5) is 4.39 Å². The van der Waals surface area contributed by atoms with Crippen LogP contribution in [-0.2, 0) is 0 Å². The van der Waals surface area contributed by atoms with Crippen LogP contribution < -0.4 is 9.47 Å². The summed E-state index contributed by atoms with van der Waals surface area (Å²) in [4.78, 5) is 0. The van der Waals surface area contributed by atoms with E-state index in [0.29, 0.717) is 17.0 Å². The maximum absolute atomic E-state index is 14.2. The molecule has 0 saturated heterocycles. The maximum Gasteiger partial charge on any atom is 0.182 e. The zero-order valence-corrected chi connectivity index (χ0v) is 17.5. The van der Waals surface area contributed by atoms with Crippen molar-refractivity contribution in [2.75, 3.05) is 7.11 Å². The van der Waals surface area contributed by atoms with Crippen LogP contribution in [0.25, 0.3) is 22.2 Å². The standard InChI is InChI=1S/C23H20FN5O2/c1-12-11-26-27-13(2)21(12)14(3)31-17-5-6-19-18(9-17)23(29-28-19)15-7-16(10-25)22(24)20(8-15)30-4/h5-9,11,14H,1-4H3,(H,28,29)/t14-/m1/s1. The fourth-order valence-corrected chi connectivity index (χ4v) is 3.74. The van der Waals surface area contributed by atoms with Gasteiger partial charge in [0.1, 0.15) is 23.6 Å². The molecule has 2 aromatic carbocycles. The van der Waals surface area contributed by atoms with Crippen LogP contribution in [0.15, 0.2) is 36.5 Å². The molecule has 2 heterocycles. The Kier molecular flexibility index (Phi) is 5.26. The number of H-pyrrole nitrogens is 1. The smallest absolute Gasteiger partial charge is 0.182 e. The van der Waals surface area contributed by atoms with Gasteiger partial charge in [-0.15, -0.1) is 0 Å². The fourth-order valence-electron chi connectivity index (χ4n) is 3.74. The third kappa shape index (κ3) is 3.66. The Hall–Kier alpha value is -3.99. The molecule has 4 aromatic rings. The predicted molar refractivity (Wildman–Crippen MR) is 113 cm³/mol. The lowest BCUT2D eigenvalue weighted by Gasteiger charge is -2.18. The molecule has 2 aromatic heterocycles. The van der Waals surface area contributed by atoms with Crippen LogP contribution in [0.1, 0.15) is 35.4 Å². The number of aromatic nitrogens is 4. The number of nitrogens with one attached hydrogen (secondary N) is 1. The van der Waals surface area contributed by atoms with E-state index in [9.17, 15) is 9.65 Å². The summed E-state index contributed by atoms with van der Waals surface area (Å²) in [6.07, 6.45) is 1.48. The Morgan fingerprint density at radius 3 is 2.71 bits per heavy atom. The number of fused-ring (bicyclic) bond motifs is 1. The molecule has 0 spiro atoms. The number of aromatic amines is 1. The van der Waals surface area contributed by atoms with Gasteiger partial charge in [0, 0.05) is 16.5 Å². The summed E-state index contributed by atoms with van der Waals surface area (Å²) in [6, 6.07) is 10.4. The van der Waals surface area contributed by atoms with Crippen molar-refractivity contribution in [3.8, 4) is 28.8 Å². The molecule has 0 radical (unpaired) electrons. The van der Waals surface area contributed by atoms with E-state index in [0.717, 1.165) is 27.7 Å². The molecule has 0 bridgehead atoms. The lowest BCUT2D eigenvalue weighted by Crippen LogP contribution is -2.09. The average molecular weight is 417 g/mol. The minimum atomic E-state index is -0.692. The lowest BCUT2D eigenvalue weighted by atomic mass is 10.0. The molecule has 31 heavy (non-hydrogen) atoms. The van der Waals surface area contributed by atoms with E-state index in [-0.39, 0.29) is 17.4 Å². The number of nitrogens with zero attached hydrogens (tertiary/aromatic N) is 4. The highest BCUT2D eigenvalue weighted by atomic mass is 19.1. The van der Waals surface area contributed by atoms with Crippen molar-refractivity contribution in [3.63, 3.8) is 0 Å². The first-order valence-electron chi connectivity index (χ1n) is 9.64. The number of halogens is 1. The molecule has 7 nitrogen and oxygen atoms in total. The molecule has 0 unspecified atom stereocenters. The number of hydrogen-bond acceptors (Lipinski definition) is 6. The van der Waals surface area contributed by atoms with Gasteiger partial charge in [-0.25, -0.2) is 4.39 Å². The summed E-state index contributed by atoms with van der Waals surface area (Å²) >= 11 is 0. The molecule has 4 rings (SSSR count). The normalized spacial score (nSPS) is 11.9. The van der Waals surface area contributed by atoms with Crippen molar-refractivity contribution in [3.05, 3.63) is 64.7 Å². The van der Waals surface area contributed by atoms with Crippen molar-refractivity contribution in [1.29, 1.82) is 5.26 Å². The average Bonchev–Trinajstić information content (AvgIpc) is 3.17. The van der Waals surface area contributed by atoms with Crippen LogP contribution in [0.2, 0.25) is 0 Å². The minimum Gasteiger partial charge on any atom is -0.494 e. The first-order valence-corrected chi connectivity index (χ1v) is 9.64. The third-order valence-corrected chi connectivity index (χ3v) is 5.18. The van der Waals surface area contributed by atoms with E-state index in [4.69, 9.17) is 9.47 Å². The van der Waals surface area contributed by atoms with Crippen molar-refractivity contribution in [2.45, 2.75) is 26.9 Å². The number of nitriles is 1. The number of hydrogen-bond donors (Lipinski definition) is 1. The molecule has 1 atom stereocenters. The summed E-state index contributed by atoms with van der Waals surface area (Å²) in [5.41, 5.74) is 4.63. The fraction of sp³-hybridized carbons (Fsp3) is 0.217. The van der Waals surface area contributed by atoms with E-state index < -0.39 is 5.82 Å². The van der Waals surface area contributed by atoms with Crippen LogP contribution >= 0.6 is 0 Å². The molecule has 0 aliphatic rings. The SMILES string of the molecule is COc1cc(-c2n[nH]c3ccc(O[C@H](C)c4c(C)cnnc4C)cc23)cc(C#N)c1F. The molecular formula is C23H20FN5O2. The number of methoxy groups -OCH3 is 1. The van der Waals surface area contributed by atoms with E-state index in [1.54, 1.807) is 6.20 Å². The quantitative estimate of drug-likeness (QED) is 0.501. The summed E-state index contributed by atoms with van der Waals surface area (Å²) in [5.74, 6) is -0.0571. The Labute approximate surface area is 178 Å². The third-order valence-electron chi connectivity index (χ3n) is 5.18. The Morgan fingerprint density at radius 1 is 1.19 bits per heavy atom. The Balaban J connectivity index is 1.75. The van der Waals surface area contributed by atoms with Gasteiger partial charge in [-0.05, 0) is 56.7 Å². The van der Waals surface area contributed by atoms with Crippen molar-refractivity contribution in [2.24, 2.45) is 0 Å². The summed E-state index contributed by atoms with van der Waals surface area (Å²) in [7, 11) is 1.36. The monoisotopic (exact) mass is 417 g/mol. The molecule has 1 N–H and O–H groups in total. The second-order valence-electron chi connectivity index (χ2n) is 7.22. The van der Waals surface area contributed by atoms with Crippen molar-refractivity contribution in [1.82, 2.24) is 20.4 Å². The van der Waals surface area contributed by atoms with Crippen molar-refractivity contribution >= 4 is 10.9 Å². The zero-order valence-electron chi connectivity index (χ0n) is 17.5. The van der Waals surface area contributed by atoms with Crippen molar-refractivity contribution < 1.29 is 13.9 Å². The molecule has 0 aliphatic carbocycles. The maximum atomic E-state index is 14.2. The van der Waals surface area contributed by atoms with Gasteiger partial charge in [-0.3, -0.25) is 5.10 Å². The highest BCUT2D eigenvalue weighted by Gasteiger charge is 2.18. The van der Waals surface area contributed by atoms with Gasteiger partial charge in [0.25, 0.3) is 0 Å². The zero-order chi connectivity index (χ0) is 22.1. The first-order chi connectivity index (χ1) is 14.9. The summed E-state index contributed by atoms with van der Waals surface area (Å²) in [6.45, 7) is 5.84. The molecule has 0 saturated carbocycles. The molecule has 156 valence electrons. The van der Waals surface area contributed by atoms with Gasteiger partial charge in [0.05, 0.1) is 30.1 Å². The van der Waals surface area contributed by atoms with Gasteiger partial charge >= 0.3 is 0 Å². The number of benzene rings is 2. The molecule has 8 heteroatoms. The highest BCUT2D eigenvalue weighted by Crippen LogP contribution is 2.34. The Morgan fingerprint density at radius 2 is 2.00 bits per heavy atom. The number of aryl methyl sites for hydroxylation is 2. The number of rotatable bonds is 5. The topological polar surface area (TPSA) is 96.7 Å². The molecule has 0 amide bonds. The second-order valence-corrected chi connectivity index (χ2v) is 7.22. The van der Waals surface area contributed by atoms with Crippen LogP contribution in [0.5, 0.6) is 11.5 Å². The van der Waals surface area contributed by atoms with E-state index in [1.165, 1.54) is 19.2 Å². The Bertz CT molecular complexity index is 1310. The van der Waals surface area contributed by atoms with Crippen LogP contribution in [-0.4, -0.2) is 27.5 Å². The van der Waals surface area contributed by atoms with Crippen LogP contribution in [0, 0.1) is 31.0 Å². The largest absolute Gasteiger partial charge is 0.494 e. The molecule has 0 fully saturated rings. The minimum absolute atomic E-state index is 0.0117. The number of ether oxygens (including phenoxy) is 2. The van der Waals surface area contributed by atoms with Gasteiger partial charge in [-0.1, -0.05) is 0 Å². The van der Waals surface area contributed by atoms with Gasteiger partial charge < -0.3 is 9.47 Å². The second kappa shape index (κ2) is 8.03. The lowest BCUT2D eigenvalue weighted by molar-refractivity contribution is 0.225. The van der Waals surface area contributed by atoms with Crippen LogP contribution in [0.3, 0.4) is 0 Å². The van der Waals surface area contributed by atoms with Gasteiger partial charge in [0.2, 0.25) is 0 Å². The van der Waals surface area contributed by atoms with Gasteiger partial charge in [-0.2, -0.15) is 20.6 Å². The molecule has 0 aliphatic heterocycles. The summed E-state index contributed by atoms with van der Waals surface area (Å²) < 4.78 is 25.5. The molecular weight excluding hydrogens is 397 g/mol. The van der Waals surface area contributed by atoms with Gasteiger partial charge in [0.15, 0.2) is 11.6 Å². The van der Waals surface area contributed by atoms with E-state index in [1.807, 2.05) is 45.0 Å². The van der Waals surface area contributed by atoms with E-state index in [2.05, 4.69) is 20.4 Å². The summed E-state index contributed by atoms with van der Waals surface area (Å²) in [5, 5.41) is 25.5. The highest BCUT2D eigenvalue weighted by molar-refractivity contribution is 5.94. The predicted octanol–water partition coefficient (Wildman–Crippen LogP) is 4.80. The first kappa shape index (κ1) is 20.3. The van der Waals surface area contributed by atoms with E-state index >= 15 is 0 Å².